The smallest absolute Gasteiger partial charge is 0.327 e. The molecule has 2 saturated heterocycles. The van der Waals surface area contributed by atoms with Crippen molar-refractivity contribution in [3.05, 3.63) is 68.7 Å². The summed E-state index contributed by atoms with van der Waals surface area (Å²) in [5, 5.41) is 12.3. The number of anilines is 1. The van der Waals surface area contributed by atoms with Crippen molar-refractivity contribution in [1.29, 1.82) is 0 Å². The van der Waals surface area contributed by atoms with Crippen LogP contribution in [0.2, 0.25) is 5.02 Å². The van der Waals surface area contributed by atoms with Gasteiger partial charge in [-0.1, -0.05) is 23.7 Å². The number of methoxy groups -OCH3 is 1. The highest BCUT2D eigenvalue weighted by Gasteiger charge is 2.33. The van der Waals surface area contributed by atoms with E-state index in [1.54, 1.807) is 41.3 Å². The van der Waals surface area contributed by atoms with Gasteiger partial charge in [-0.25, -0.2) is 4.79 Å². The van der Waals surface area contributed by atoms with E-state index in [0.717, 1.165) is 31.5 Å². The van der Waals surface area contributed by atoms with E-state index in [0.29, 0.717) is 42.5 Å². The van der Waals surface area contributed by atoms with Crippen LogP contribution in [0.3, 0.4) is 0 Å². The molecule has 0 aliphatic carbocycles. The van der Waals surface area contributed by atoms with Gasteiger partial charge in [0, 0.05) is 55.9 Å². The molecule has 2 aromatic carbocycles. The summed E-state index contributed by atoms with van der Waals surface area (Å²) in [5.74, 6) is -0.632. The lowest BCUT2D eigenvalue weighted by molar-refractivity contribution is -0.384. The van der Waals surface area contributed by atoms with Crippen molar-refractivity contribution >= 4 is 34.9 Å². The maximum absolute atomic E-state index is 13.1. The van der Waals surface area contributed by atoms with Crippen LogP contribution in [-0.4, -0.2) is 73.0 Å². The molecular weight excluding hydrogens is 460 g/mol. The van der Waals surface area contributed by atoms with E-state index in [1.165, 1.54) is 13.2 Å². The number of nitro groups is 1. The van der Waals surface area contributed by atoms with Crippen molar-refractivity contribution in [2.45, 2.75) is 18.9 Å². The predicted molar refractivity (Wildman–Crippen MR) is 128 cm³/mol. The molecule has 0 bridgehead atoms. The van der Waals surface area contributed by atoms with Gasteiger partial charge in [-0.15, -0.1) is 0 Å². The highest BCUT2D eigenvalue weighted by molar-refractivity contribution is 6.30. The van der Waals surface area contributed by atoms with Crippen LogP contribution in [-0.2, 0) is 9.53 Å². The molecule has 2 aromatic rings. The average Bonchev–Trinajstić information content (AvgIpc) is 3.39. The molecule has 0 aromatic heterocycles. The van der Waals surface area contributed by atoms with E-state index in [4.69, 9.17) is 16.3 Å². The molecule has 0 N–H and O–H groups in total. The van der Waals surface area contributed by atoms with Gasteiger partial charge in [0.2, 0.25) is 0 Å². The maximum atomic E-state index is 13.1. The molecular formula is C24H27ClN4O5. The Kier molecular flexibility index (Phi) is 7.33. The van der Waals surface area contributed by atoms with Crippen LogP contribution in [0.5, 0.6) is 0 Å². The monoisotopic (exact) mass is 486 g/mol. The Morgan fingerprint density at radius 2 is 1.65 bits per heavy atom. The molecule has 2 fully saturated rings. The molecule has 180 valence electrons. The number of esters is 1. The molecule has 34 heavy (non-hydrogen) atoms. The maximum Gasteiger partial charge on any atom is 0.327 e. The first-order valence-corrected chi connectivity index (χ1v) is 11.7. The molecule has 2 heterocycles. The Labute approximate surface area is 203 Å². The number of benzene rings is 2. The van der Waals surface area contributed by atoms with E-state index in [1.807, 2.05) is 9.80 Å². The Balaban J connectivity index is 1.47. The van der Waals surface area contributed by atoms with Crippen molar-refractivity contribution in [1.82, 2.24) is 9.80 Å². The third-order valence-corrected chi connectivity index (χ3v) is 6.69. The standard InChI is InChI=1S/C24H27ClN4O5/c1-34-24(31)22(17-4-7-19(25)8-5-17)27-12-14-28(15-13-27)23(30)18-6-9-20(21(16-18)29(32)33)26-10-2-3-11-26/h4-9,16,22H,2-3,10-15H2,1H3. The molecule has 4 rings (SSSR count). The lowest BCUT2D eigenvalue weighted by atomic mass is 10.0. The van der Waals surface area contributed by atoms with Crippen LogP contribution in [0.4, 0.5) is 11.4 Å². The second-order valence-electron chi connectivity index (χ2n) is 8.46. The lowest BCUT2D eigenvalue weighted by Crippen LogP contribution is -2.51. The number of piperazine rings is 1. The molecule has 2 aliphatic heterocycles. The fourth-order valence-corrected chi connectivity index (χ4v) is 4.77. The van der Waals surface area contributed by atoms with Gasteiger partial charge in [0.15, 0.2) is 0 Å². The van der Waals surface area contributed by atoms with Crippen molar-refractivity contribution in [2.75, 3.05) is 51.3 Å². The fourth-order valence-electron chi connectivity index (χ4n) is 4.65. The van der Waals surface area contributed by atoms with E-state index >= 15 is 0 Å². The van der Waals surface area contributed by atoms with Gasteiger partial charge in [-0.05, 0) is 42.7 Å². The van der Waals surface area contributed by atoms with Gasteiger partial charge >= 0.3 is 5.97 Å². The van der Waals surface area contributed by atoms with Crippen LogP contribution in [0.1, 0.15) is 34.8 Å². The zero-order chi connectivity index (χ0) is 24.2. The minimum Gasteiger partial charge on any atom is -0.468 e. The summed E-state index contributed by atoms with van der Waals surface area (Å²) in [7, 11) is 1.35. The predicted octanol–water partition coefficient (Wildman–Crippen LogP) is 3.52. The summed E-state index contributed by atoms with van der Waals surface area (Å²) < 4.78 is 5.02. The van der Waals surface area contributed by atoms with Crippen molar-refractivity contribution in [2.24, 2.45) is 0 Å². The number of nitro benzene ring substituents is 1. The topological polar surface area (TPSA) is 96.2 Å². The first kappa shape index (κ1) is 24.0. The number of ether oxygens (including phenoxy) is 1. The minimum atomic E-state index is -0.597. The highest BCUT2D eigenvalue weighted by atomic mass is 35.5. The number of carbonyl (C=O) groups excluding carboxylic acids is 2. The van der Waals surface area contributed by atoms with E-state index in [9.17, 15) is 19.7 Å². The van der Waals surface area contributed by atoms with Gasteiger partial charge < -0.3 is 14.5 Å². The van der Waals surface area contributed by atoms with Gasteiger partial charge in [0.05, 0.1) is 12.0 Å². The van der Waals surface area contributed by atoms with Gasteiger partial charge in [0.25, 0.3) is 11.6 Å². The Bertz CT molecular complexity index is 1060. The molecule has 0 spiro atoms. The summed E-state index contributed by atoms with van der Waals surface area (Å²) in [4.78, 5) is 42.6. The number of halogens is 1. The lowest BCUT2D eigenvalue weighted by Gasteiger charge is -2.38. The van der Waals surface area contributed by atoms with Crippen LogP contribution in [0, 0.1) is 10.1 Å². The van der Waals surface area contributed by atoms with Crippen molar-refractivity contribution < 1.29 is 19.2 Å². The van der Waals surface area contributed by atoms with E-state index < -0.39 is 11.0 Å². The second-order valence-corrected chi connectivity index (χ2v) is 8.90. The van der Waals surface area contributed by atoms with Crippen molar-refractivity contribution in [3.8, 4) is 0 Å². The zero-order valence-electron chi connectivity index (χ0n) is 19.0. The molecule has 0 radical (unpaired) electrons. The van der Waals surface area contributed by atoms with E-state index in [-0.39, 0.29) is 17.6 Å². The first-order chi connectivity index (χ1) is 16.4. The largest absolute Gasteiger partial charge is 0.468 e. The first-order valence-electron chi connectivity index (χ1n) is 11.3. The number of hydrogen-bond donors (Lipinski definition) is 0. The Hall–Kier alpha value is -3.17. The third-order valence-electron chi connectivity index (χ3n) is 6.44. The number of rotatable bonds is 6. The van der Waals surface area contributed by atoms with Crippen LogP contribution in [0.25, 0.3) is 0 Å². The summed E-state index contributed by atoms with van der Waals surface area (Å²) in [5.41, 5.74) is 1.59. The average molecular weight is 487 g/mol. The number of nitrogens with zero attached hydrogens (tertiary/aromatic N) is 4. The van der Waals surface area contributed by atoms with Gasteiger partial charge in [-0.3, -0.25) is 19.8 Å². The Morgan fingerprint density at radius 3 is 2.24 bits per heavy atom. The Morgan fingerprint density at radius 1 is 1.00 bits per heavy atom. The van der Waals surface area contributed by atoms with Crippen LogP contribution >= 0.6 is 11.6 Å². The van der Waals surface area contributed by atoms with Gasteiger partial charge in [0.1, 0.15) is 11.7 Å². The third kappa shape index (κ3) is 5.00. The molecule has 1 amide bonds. The quantitative estimate of drug-likeness (QED) is 0.350. The summed E-state index contributed by atoms with van der Waals surface area (Å²) in [6.07, 6.45) is 2.01. The second kappa shape index (κ2) is 10.4. The molecule has 2 aliphatic rings. The number of carbonyl (C=O) groups is 2. The molecule has 0 saturated carbocycles. The summed E-state index contributed by atoms with van der Waals surface area (Å²) in [6, 6.07) is 11.2. The minimum absolute atomic E-state index is 0.0418. The number of amides is 1. The summed E-state index contributed by atoms with van der Waals surface area (Å²) >= 11 is 5.99. The fraction of sp³-hybridized carbons (Fsp3) is 0.417. The van der Waals surface area contributed by atoms with Crippen LogP contribution < -0.4 is 4.90 Å². The molecule has 10 heteroatoms. The summed E-state index contributed by atoms with van der Waals surface area (Å²) in [6.45, 7) is 3.27. The normalized spacial score (nSPS) is 17.5. The van der Waals surface area contributed by atoms with Crippen molar-refractivity contribution in [3.63, 3.8) is 0 Å². The molecule has 9 nitrogen and oxygen atoms in total. The molecule has 1 atom stereocenters. The molecule has 1 unspecified atom stereocenters. The SMILES string of the molecule is COC(=O)C(c1ccc(Cl)cc1)N1CCN(C(=O)c2ccc(N3CCCC3)c([N+](=O)[O-])c2)CC1. The zero-order valence-corrected chi connectivity index (χ0v) is 19.7. The number of hydrogen-bond acceptors (Lipinski definition) is 7. The van der Waals surface area contributed by atoms with Gasteiger partial charge in [-0.2, -0.15) is 0 Å². The highest BCUT2D eigenvalue weighted by Crippen LogP contribution is 2.32. The van der Waals surface area contributed by atoms with E-state index in [2.05, 4.69) is 0 Å². The van der Waals surface area contributed by atoms with Crippen LogP contribution in [0.15, 0.2) is 42.5 Å².